The van der Waals surface area contributed by atoms with Crippen molar-refractivity contribution < 1.29 is 93.2 Å². The molecule has 4 unspecified atom stereocenters. The van der Waals surface area contributed by atoms with Crippen LogP contribution in [0.5, 0.6) is 11.5 Å². The van der Waals surface area contributed by atoms with E-state index in [4.69, 9.17) is 9.47 Å². The van der Waals surface area contributed by atoms with E-state index in [2.05, 4.69) is 37.8 Å². The van der Waals surface area contributed by atoms with Crippen LogP contribution < -0.4 is 68.6 Å². The number of methoxy groups -OCH3 is 2. The molecule has 2 aromatic rings. The summed E-state index contributed by atoms with van der Waals surface area (Å²) in [4.78, 5) is 41.3. The smallest absolute Gasteiger partial charge is 0.493 e. The Labute approximate surface area is 316 Å². The second-order valence-corrected chi connectivity index (χ2v) is 12.5. The molecule has 3 aliphatic rings. The Bertz CT molecular complexity index is 1490. The van der Waals surface area contributed by atoms with Gasteiger partial charge in [-0.15, -0.1) is 0 Å². The van der Waals surface area contributed by atoms with Gasteiger partial charge in [-0.1, -0.05) is 25.5 Å². The summed E-state index contributed by atoms with van der Waals surface area (Å²) in [6.07, 6.45) is 4.61. The number of carbonyl (C=O) groups is 3. The standard InChI is InChI=1S/C35H44N2O7.2Na/c1-6-22-19-36-9-7-23-11-20(2)21(3)12-27(23)29(36)13-25(22)14-30-28-18-32(44-5)31(43-4)15-24(28)8-10-37(30)33(38)16-26(35(41)42)17-34(39)40;;/h11-12,15-16,18,22,25,29-30H,6-10,13-14,17,19H2,1-5H3,(H,39,40)(H,41,42);;/q;2*+1/b26-16-;;. The number of carboxylic acid groups (broad SMARTS) is 2. The van der Waals surface area contributed by atoms with E-state index in [0.29, 0.717) is 48.8 Å². The van der Waals surface area contributed by atoms with Crippen LogP contribution in [0.15, 0.2) is 35.9 Å². The van der Waals surface area contributed by atoms with Gasteiger partial charge in [-0.05, 0) is 96.9 Å². The topological polar surface area (TPSA) is 117 Å². The van der Waals surface area contributed by atoms with Crippen molar-refractivity contribution in [2.24, 2.45) is 11.8 Å². The fourth-order valence-electron chi connectivity index (χ4n) is 7.63. The molecule has 5 rings (SSSR count). The van der Waals surface area contributed by atoms with Crippen LogP contribution >= 0.6 is 0 Å². The Kier molecular flexibility index (Phi) is 13.8. The maximum Gasteiger partial charge on any atom is 1.00 e. The molecule has 236 valence electrons. The van der Waals surface area contributed by atoms with E-state index in [0.717, 1.165) is 49.6 Å². The minimum Gasteiger partial charge on any atom is -0.493 e. The molecule has 1 saturated heterocycles. The predicted molar refractivity (Wildman–Crippen MR) is 166 cm³/mol. The van der Waals surface area contributed by atoms with Crippen molar-refractivity contribution in [2.75, 3.05) is 33.9 Å². The van der Waals surface area contributed by atoms with Crippen molar-refractivity contribution in [3.8, 4) is 11.5 Å². The summed E-state index contributed by atoms with van der Waals surface area (Å²) < 4.78 is 11.2. The number of ether oxygens (including phenoxy) is 2. The molecule has 4 atom stereocenters. The number of aliphatic carboxylic acids is 2. The van der Waals surface area contributed by atoms with Crippen LogP contribution in [0.3, 0.4) is 0 Å². The number of hydrogen-bond donors (Lipinski definition) is 2. The van der Waals surface area contributed by atoms with Crippen LogP contribution in [0.25, 0.3) is 0 Å². The number of benzene rings is 2. The Morgan fingerprint density at radius 2 is 1.52 bits per heavy atom. The Morgan fingerprint density at radius 1 is 0.891 bits per heavy atom. The van der Waals surface area contributed by atoms with Crippen LogP contribution in [0.1, 0.15) is 78.1 Å². The maximum absolute atomic E-state index is 13.8. The Morgan fingerprint density at radius 3 is 2.15 bits per heavy atom. The molecule has 1 amide bonds. The second kappa shape index (κ2) is 16.5. The van der Waals surface area contributed by atoms with E-state index in [9.17, 15) is 24.6 Å². The zero-order valence-electron chi connectivity index (χ0n) is 28.4. The molecule has 11 heteroatoms. The molecule has 2 aromatic carbocycles. The van der Waals surface area contributed by atoms with Crippen LogP contribution in [0.2, 0.25) is 0 Å². The van der Waals surface area contributed by atoms with E-state index < -0.39 is 29.8 Å². The number of carboxylic acids is 2. The van der Waals surface area contributed by atoms with Gasteiger partial charge < -0.3 is 24.6 Å². The number of piperidine rings is 1. The molecule has 0 saturated carbocycles. The fourth-order valence-corrected chi connectivity index (χ4v) is 7.63. The van der Waals surface area contributed by atoms with Crippen molar-refractivity contribution in [1.29, 1.82) is 0 Å². The van der Waals surface area contributed by atoms with Crippen LogP contribution in [0, 0.1) is 25.7 Å². The summed E-state index contributed by atoms with van der Waals surface area (Å²) in [5.74, 6) is -1.21. The molecule has 0 bridgehead atoms. The van der Waals surface area contributed by atoms with Gasteiger partial charge in [0.1, 0.15) is 0 Å². The third kappa shape index (κ3) is 8.05. The summed E-state index contributed by atoms with van der Waals surface area (Å²) in [5.41, 5.74) is 7.10. The van der Waals surface area contributed by atoms with E-state index in [-0.39, 0.29) is 65.2 Å². The average Bonchev–Trinajstić information content (AvgIpc) is 3.00. The first-order chi connectivity index (χ1) is 21.0. The fraction of sp³-hybridized carbons (Fsp3) is 0.514. The average molecular weight is 651 g/mol. The molecule has 9 nitrogen and oxygen atoms in total. The van der Waals surface area contributed by atoms with Crippen LogP contribution in [-0.2, 0) is 27.2 Å². The molecular formula is C35H44N2Na2O7+2. The van der Waals surface area contributed by atoms with Gasteiger partial charge in [-0.3, -0.25) is 14.5 Å². The predicted octanol–water partition coefficient (Wildman–Crippen LogP) is -0.724. The van der Waals surface area contributed by atoms with Gasteiger partial charge in [0.25, 0.3) is 0 Å². The van der Waals surface area contributed by atoms with Gasteiger partial charge in [0.2, 0.25) is 5.91 Å². The molecular weight excluding hydrogens is 606 g/mol. The second-order valence-electron chi connectivity index (χ2n) is 12.5. The molecule has 46 heavy (non-hydrogen) atoms. The monoisotopic (exact) mass is 650 g/mol. The molecule has 3 heterocycles. The van der Waals surface area contributed by atoms with Crippen molar-refractivity contribution in [3.05, 3.63) is 69.3 Å². The molecule has 0 spiro atoms. The van der Waals surface area contributed by atoms with Crippen molar-refractivity contribution >= 4 is 17.8 Å². The van der Waals surface area contributed by atoms with Gasteiger partial charge >= 0.3 is 71.1 Å². The van der Waals surface area contributed by atoms with E-state index >= 15 is 0 Å². The Balaban J connectivity index is 0.00000288. The molecule has 3 aliphatic heterocycles. The van der Waals surface area contributed by atoms with Crippen molar-refractivity contribution in [1.82, 2.24) is 9.80 Å². The third-order valence-corrected chi connectivity index (χ3v) is 10.1. The first-order valence-corrected chi connectivity index (χ1v) is 15.6. The molecule has 0 aromatic heterocycles. The number of fused-ring (bicyclic) bond motifs is 4. The zero-order chi connectivity index (χ0) is 31.7. The maximum atomic E-state index is 13.8. The number of rotatable bonds is 9. The number of nitrogens with zero attached hydrogens (tertiary/aromatic N) is 2. The van der Waals surface area contributed by atoms with Gasteiger partial charge in [0.05, 0.1) is 32.3 Å². The largest absolute Gasteiger partial charge is 1.00 e. The van der Waals surface area contributed by atoms with Crippen LogP contribution in [-0.4, -0.2) is 71.7 Å². The summed E-state index contributed by atoms with van der Waals surface area (Å²) in [6.45, 7) is 9.03. The summed E-state index contributed by atoms with van der Waals surface area (Å²) in [5, 5.41) is 18.9. The SMILES string of the molecule is CCC1CN2CCc3cc(C)c(C)cc3C2CC1CC1c2cc(OC)c(OC)cc2CCN1C(=O)/C=C(/CC(=O)O)C(=O)O.[Na+].[Na+]. The van der Waals surface area contributed by atoms with E-state index in [1.165, 1.54) is 22.3 Å². The Hall–Kier alpha value is -1.85. The number of hydrogen-bond acceptors (Lipinski definition) is 6. The first-order valence-electron chi connectivity index (χ1n) is 15.6. The van der Waals surface area contributed by atoms with Crippen molar-refractivity contribution in [2.45, 2.75) is 71.4 Å². The third-order valence-electron chi connectivity index (χ3n) is 10.1. The quantitative estimate of drug-likeness (QED) is 0.270. The molecule has 2 N–H and O–H groups in total. The molecule has 0 aliphatic carbocycles. The number of amides is 1. The van der Waals surface area contributed by atoms with E-state index in [1.54, 1.807) is 19.1 Å². The van der Waals surface area contributed by atoms with Gasteiger partial charge in [0.15, 0.2) is 11.5 Å². The zero-order valence-corrected chi connectivity index (χ0v) is 32.4. The normalized spacial score (nSPS) is 22.3. The van der Waals surface area contributed by atoms with Gasteiger partial charge in [-0.2, -0.15) is 0 Å². The molecule has 1 fully saturated rings. The van der Waals surface area contributed by atoms with Crippen molar-refractivity contribution in [3.63, 3.8) is 0 Å². The van der Waals surface area contributed by atoms with Gasteiger partial charge in [-0.25, -0.2) is 4.79 Å². The number of carbonyl (C=O) groups excluding carboxylic acids is 1. The summed E-state index contributed by atoms with van der Waals surface area (Å²) >= 11 is 0. The first kappa shape index (κ1) is 38.6. The molecule has 0 radical (unpaired) electrons. The number of aryl methyl sites for hydroxylation is 2. The van der Waals surface area contributed by atoms with Crippen LogP contribution in [0.4, 0.5) is 0 Å². The van der Waals surface area contributed by atoms with E-state index in [1.807, 2.05) is 12.1 Å². The summed E-state index contributed by atoms with van der Waals surface area (Å²) in [6, 6.07) is 8.65. The summed E-state index contributed by atoms with van der Waals surface area (Å²) in [7, 11) is 3.19. The minimum absolute atomic E-state index is 0. The van der Waals surface area contributed by atoms with Gasteiger partial charge in [0, 0.05) is 31.8 Å². The minimum atomic E-state index is -1.40.